The average molecular weight is 295 g/mol. The Bertz CT molecular complexity index is 496. The summed E-state index contributed by atoms with van der Waals surface area (Å²) >= 11 is 0. The van der Waals surface area contributed by atoms with Crippen LogP contribution in [0, 0.1) is 0 Å². The predicted octanol–water partition coefficient (Wildman–Crippen LogP) is -2.13. The molecule has 0 saturated carbocycles. The van der Waals surface area contributed by atoms with Crippen LogP contribution in [0.5, 0.6) is 0 Å². The van der Waals surface area contributed by atoms with Crippen molar-refractivity contribution in [2.45, 2.75) is 0 Å². The second-order valence-electron chi connectivity index (χ2n) is 3.39. The first-order chi connectivity index (χ1) is 8.65. The molecule has 0 atom stereocenters. The van der Waals surface area contributed by atoms with Crippen LogP contribution in [0.4, 0.5) is 0 Å². The van der Waals surface area contributed by atoms with E-state index in [1.54, 1.807) is 0 Å². The number of rotatable bonds is 0. The van der Waals surface area contributed by atoms with E-state index in [1.807, 2.05) is 0 Å². The molecule has 12 nitrogen and oxygen atoms in total. The molecule has 3 heterocycles. The number of hydrogen-bond acceptors (Lipinski definition) is 12. The van der Waals surface area contributed by atoms with Crippen molar-refractivity contribution in [1.82, 2.24) is 0 Å². The normalized spacial score (nSPS) is 32.2. The summed E-state index contributed by atoms with van der Waals surface area (Å²) in [5.41, 5.74) is 0. The maximum atomic E-state index is 11.1. The SMILES string of the molecule is O=C1O[P-]23(OC1=O)(OC(=O)C(=O)O2)OC(=O)C(=O)O3. The van der Waals surface area contributed by atoms with Crippen LogP contribution < -0.4 is 0 Å². The fourth-order valence-electron chi connectivity index (χ4n) is 1.52. The Morgan fingerprint density at radius 3 is 0.737 bits per heavy atom. The van der Waals surface area contributed by atoms with Crippen molar-refractivity contribution in [1.29, 1.82) is 0 Å². The van der Waals surface area contributed by atoms with Crippen LogP contribution in [0.15, 0.2) is 0 Å². The molecule has 102 valence electrons. The van der Waals surface area contributed by atoms with Crippen molar-refractivity contribution in [3.8, 4) is 0 Å². The Morgan fingerprint density at radius 1 is 0.421 bits per heavy atom. The van der Waals surface area contributed by atoms with Crippen LogP contribution in [0.3, 0.4) is 0 Å². The Hall–Kier alpha value is -2.75. The van der Waals surface area contributed by atoms with Crippen molar-refractivity contribution in [2.24, 2.45) is 0 Å². The van der Waals surface area contributed by atoms with E-state index in [4.69, 9.17) is 0 Å². The minimum atomic E-state index is -7.08. The van der Waals surface area contributed by atoms with Gasteiger partial charge in [-0.05, 0) is 0 Å². The van der Waals surface area contributed by atoms with Crippen LogP contribution in [-0.2, 0) is 55.9 Å². The summed E-state index contributed by atoms with van der Waals surface area (Å²) in [5.74, 6) is -11.1. The maximum absolute atomic E-state index is 11.1. The molecule has 0 amide bonds. The summed E-state index contributed by atoms with van der Waals surface area (Å²) in [6, 6.07) is 0. The molecule has 3 fully saturated rings. The summed E-state index contributed by atoms with van der Waals surface area (Å²) in [7, 11) is -7.08. The molecule has 0 aromatic heterocycles. The first-order valence-electron chi connectivity index (χ1n) is 4.29. The van der Waals surface area contributed by atoms with Gasteiger partial charge in [0.1, 0.15) is 0 Å². The molecule has 0 aromatic rings. The third-order valence-corrected chi connectivity index (χ3v) is 5.35. The van der Waals surface area contributed by atoms with Crippen molar-refractivity contribution >= 4 is 43.1 Å². The fourth-order valence-corrected chi connectivity index (χ4v) is 4.56. The van der Waals surface area contributed by atoms with Gasteiger partial charge in [0.2, 0.25) is 0 Å². The molecule has 3 saturated heterocycles. The Labute approximate surface area is 100.0 Å². The topological polar surface area (TPSA) is 158 Å². The summed E-state index contributed by atoms with van der Waals surface area (Å²) in [5, 5.41) is 0. The zero-order valence-electron chi connectivity index (χ0n) is 8.35. The van der Waals surface area contributed by atoms with Crippen molar-refractivity contribution in [3.63, 3.8) is 0 Å². The van der Waals surface area contributed by atoms with Gasteiger partial charge in [-0.2, -0.15) is 0 Å². The molecule has 1 spiro atoms. The van der Waals surface area contributed by atoms with Gasteiger partial charge in [-0.3, -0.25) is 0 Å². The third-order valence-electron chi connectivity index (χ3n) is 2.12. The van der Waals surface area contributed by atoms with Gasteiger partial charge in [-0.1, -0.05) is 0 Å². The molecule has 3 aliphatic rings. The van der Waals surface area contributed by atoms with E-state index in [9.17, 15) is 28.8 Å². The van der Waals surface area contributed by atoms with E-state index < -0.39 is 43.1 Å². The van der Waals surface area contributed by atoms with E-state index in [2.05, 4.69) is 27.1 Å². The van der Waals surface area contributed by atoms with Gasteiger partial charge in [-0.15, -0.1) is 0 Å². The Kier molecular flexibility index (Phi) is 1.41. The van der Waals surface area contributed by atoms with Gasteiger partial charge < -0.3 is 0 Å². The van der Waals surface area contributed by atoms with Crippen LogP contribution in [0.2, 0.25) is 0 Å². The summed E-state index contributed by atoms with van der Waals surface area (Å²) in [6.07, 6.45) is 0. The number of hydrogen-bond donors (Lipinski definition) is 0. The summed E-state index contributed by atoms with van der Waals surface area (Å²) < 4.78 is 25.2. The van der Waals surface area contributed by atoms with Gasteiger partial charge in [0, 0.05) is 0 Å². The van der Waals surface area contributed by atoms with Crippen molar-refractivity contribution in [2.75, 3.05) is 0 Å². The summed E-state index contributed by atoms with van der Waals surface area (Å²) in [4.78, 5) is 66.5. The Morgan fingerprint density at radius 2 is 0.579 bits per heavy atom. The molecule has 0 radical (unpaired) electrons. The van der Waals surface area contributed by atoms with E-state index >= 15 is 0 Å². The van der Waals surface area contributed by atoms with E-state index in [0.717, 1.165) is 0 Å². The molecule has 3 aliphatic heterocycles. The average Bonchev–Trinajstić information content (AvgIpc) is 2.69. The molecule has 13 heteroatoms. The van der Waals surface area contributed by atoms with Crippen LogP contribution in [0.1, 0.15) is 0 Å². The molecule has 0 N–H and O–H groups in total. The molecule has 0 aliphatic carbocycles. The van der Waals surface area contributed by atoms with Gasteiger partial charge in [0.05, 0.1) is 0 Å². The molecular weight excluding hydrogens is 295 g/mol. The fraction of sp³-hybridized carbons (Fsp3) is 0. The third kappa shape index (κ3) is 1.02. The van der Waals surface area contributed by atoms with Gasteiger partial charge in [-0.25, -0.2) is 0 Å². The van der Waals surface area contributed by atoms with Crippen molar-refractivity contribution in [3.05, 3.63) is 0 Å². The molecular formula is C6O12P-. The first-order valence-corrected chi connectivity index (χ1v) is 6.49. The molecule has 0 bridgehead atoms. The molecule has 0 unspecified atom stereocenters. The molecule has 3 rings (SSSR count). The van der Waals surface area contributed by atoms with Gasteiger partial charge in [0.15, 0.2) is 0 Å². The van der Waals surface area contributed by atoms with Crippen LogP contribution >= 0.6 is 7.31 Å². The van der Waals surface area contributed by atoms with Crippen LogP contribution in [-0.4, -0.2) is 35.8 Å². The first kappa shape index (κ1) is 11.3. The zero-order chi connectivity index (χ0) is 14.1. The standard InChI is InChI=1S/C6O12P/c7-1-2(8)14-19(13-1,15-3(9)4(10)16-19)17-5(11)6(12)18-19/q-1. The van der Waals surface area contributed by atoms with E-state index in [0.29, 0.717) is 0 Å². The zero-order valence-corrected chi connectivity index (χ0v) is 9.24. The van der Waals surface area contributed by atoms with Gasteiger partial charge >= 0.3 is 99.0 Å². The monoisotopic (exact) mass is 295 g/mol. The number of carbonyl (C=O) groups excluding carboxylic acids is 6. The van der Waals surface area contributed by atoms with E-state index in [1.165, 1.54) is 0 Å². The molecule has 19 heavy (non-hydrogen) atoms. The van der Waals surface area contributed by atoms with Crippen LogP contribution in [0.25, 0.3) is 0 Å². The van der Waals surface area contributed by atoms with Gasteiger partial charge in [0.25, 0.3) is 0 Å². The summed E-state index contributed by atoms with van der Waals surface area (Å²) in [6.45, 7) is 0. The molecule has 0 aromatic carbocycles. The Balaban J connectivity index is 2.31. The quantitative estimate of drug-likeness (QED) is 0.353. The minimum absolute atomic E-state index is 1.85. The predicted molar refractivity (Wildman–Crippen MR) is 43.5 cm³/mol. The second-order valence-corrected chi connectivity index (χ2v) is 6.72. The number of carbonyl (C=O) groups is 6. The van der Waals surface area contributed by atoms with E-state index in [-0.39, 0.29) is 0 Å². The van der Waals surface area contributed by atoms with Crippen molar-refractivity contribution < 1.29 is 55.9 Å². The second kappa shape index (κ2) is 2.36.